The third-order valence-corrected chi connectivity index (χ3v) is 5.41. The fourth-order valence-corrected chi connectivity index (χ4v) is 4.09. The molecule has 1 saturated carbocycles. The number of ether oxygens (including phenoxy) is 1. The molecule has 0 aromatic heterocycles. The van der Waals surface area contributed by atoms with Crippen molar-refractivity contribution >= 4 is 5.97 Å². The van der Waals surface area contributed by atoms with Crippen LogP contribution in [0.2, 0.25) is 0 Å². The van der Waals surface area contributed by atoms with Gasteiger partial charge < -0.3 is 15.0 Å². The minimum atomic E-state index is -0.545. The van der Waals surface area contributed by atoms with Crippen molar-refractivity contribution in [2.45, 2.75) is 70.4 Å². The number of nitrogens with zero attached hydrogens (tertiary/aromatic N) is 1. The number of carbonyl (C=O) groups is 1. The van der Waals surface area contributed by atoms with Crippen LogP contribution in [0.4, 0.5) is 0 Å². The van der Waals surface area contributed by atoms with E-state index in [0.717, 1.165) is 37.9 Å². The van der Waals surface area contributed by atoms with Gasteiger partial charge in [-0.1, -0.05) is 13.3 Å². The van der Waals surface area contributed by atoms with E-state index < -0.39 is 5.54 Å². The molecule has 0 spiro atoms. The highest BCUT2D eigenvalue weighted by molar-refractivity contribution is 5.80. The highest BCUT2D eigenvalue weighted by Gasteiger charge is 2.38. The van der Waals surface area contributed by atoms with E-state index >= 15 is 0 Å². The normalized spacial score (nSPS) is 28.9. The summed E-state index contributed by atoms with van der Waals surface area (Å²) < 4.78 is 5.02. The van der Waals surface area contributed by atoms with Gasteiger partial charge in [0.05, 0.1) is 7.11 Å². The molecule has 3 unspecified atom stereocenters. The monoisotopic (exact) mass is 296 g/mol. The molecule has 0 aromatic carbocycles. The Labute approximate surface area is 129 Å². The number of methoxy groups -OCH3 is 1. The third-order valence-electron chi connectivity index (χ3n) is 5.41. The summed E-state index contributed by atoms with van der Waals surface area (Å²) in [6.45, 7) is 7.18. The first-order chi connectivity index (χ1) is 10.1. The average Bonchev–Trinajstić information content (AvgIpc) is 2.99. The minimum absolute atomic E-state index is 0.129. The highest BCUT2D eigenvalue weighted by atomic mass is 16.5. The maximum Gasteiger partial charge on any atom is 0.325 e. The van der Waals surface area contributed by atoms with Gasteiger partial charge in [-0.25, -0.2) is 0 Å². The second kappa shape index (κ2) is 7.59. The van der Waals surface area contributed by atoms with Gasteiger partial charge in [-0.3, -0.25) is 4.79 Å². The minimum Gasteiger partial charge on any atom is -0.468 e. The molecule has 0 aromatic rings. The highest BCUT2D eigenvalue weighted by Crippen LogP contribution is 2.37. The van der Waals surface area contributed by atoms with E-state index in [4.69, 9.17) is 4.74 Å². The molecule has 3 atom stereocenters. The molecule has 1 aliphatic carbocycles. The molecule has 1 heterocycles. The van der Waals surface area contributed by atoms with Crippen molar-refractivity contribution in [2.24, 2.45) is 5.92 Å². The van der Waals surface area contributed by atoms with E-state index in [2.05, 4.69) is 17.1 Å². The maximum absolute atomic E-state index is 12.1. The standard InChI is InChI=1S/C17H32N2O2/c1-4-11-18-17(2,16(20)21-3)10-13-19-12-6-8-14-7-5-9-15(14)19/h14-15,18H,4-13H2,1-3H3. The number of carbonyl (C=O) groups excluding carboxylic acids is 1. The zero-order valence-electron chi connectivity index (χ0n) is 14.0. The summed E-state index contributed by atoms with van der Waals surface area (Å²) in [7, 11) is 1.49. The lowest BCUT2D eigenvalue weighted by Gasteiger charge is -2.39. The van der Waals surface area contributed by atoms with E-state index in [1.807, 2.05) is 6.92 Å². The summed E-state index contributed by atoms with van der Waals surface area (Å²) in [5.74, 6) is 0.780. The number of likely N-dealkylation sites (tertiary alicyclic amines) is 1. The van der Waals surface area contributed by atoms with Crippen LogP contribution in [0.15, 0.2) is 0 Å². The van der Waals surface area contributed by atoms with Gasteiger partial charge in [0.15, 0.2) is 0 Å². The van der Waals surface area contributed by atoms with Crippen molar-refractivity contribution in [3.8, 4) is 0 Å². The van der Waals surface area contributed by atoms with Crippen molar-refractivity contribution in [3.05, 3.63) is 0 Å². The summed E-state index contributed by atoms with van der Waals surface area (Å²) in [5.41, 5.74) is -0.545. The molecule has 0 amide bonds. The van der Waals surface area contributed by atoms with Crippen LogP contribution in [0, 0.1) is 5.92 Å². The molecule has 1 N–H and O–H groups in total. The first-order valence-corrected chi connectivity index (χ1v) is 8.68. The molecule has 0 radical (unpaired) electrons. The molecule has 4 heteroatoms. The fourth-order valence-electron chi connectivity index (χ4n) is 4.09. The lowest BCUT2D eigenvalue weighted by atomic mass is 9.90. The Kier molecular flexibility index (Phi) is 6.06. The van der Waals surface area contributed by atoms with Crippen molar-refractivity contribution in [3.63, 3.8) is 0 Å². The lowest BCUT2D eigenvalue weighted by Crippen LogP contribution is -2.53. The van der Waals surface area contributed by atoms with Crippen LogP contribution in [0.3, 0.4) is 0 Å². The molecule has 1 saturated heterocycles. The number of hydrogen-bond acceptors (Lipinski definition) is 4. The van der Waals surface area contributed by atoms with Crippen molar-refractivity contribution in [1.29, 1.82) is 0 Å². The van der Waals surface area contributed by atoms with E-state index in [-0.39, 0.29) is 5.97 Å². The predicted octanol–water partition coefficient (Wildman–Crippen LogP) is 2.57. The molecule has 122 valence electrons. The lowest BCUT2D eigenvalue weighted by molar-refractivity contribution is -0.148. The summed E-state index contributed by atoms with van der Waals surface area (Å²) in [6, 6.07) is 0.770. The van der Waals surface area contributed by atoms with Crippen LogP contribution in [-0.2, 0) is 9.53 Å². The topological polar surface area (TPSA) is 41.6 Å². The largest absolute Gasteiger partial charge is 0.468 e. The predicted molar refractivity (Wildman–Crippen MR) is 85.3 cm³/mol. The Balaban J connectivity index is 1.92. The summed E-state index contributed by atoms with van der Waals surface area (Å²) in [5, 5.41) is 3.39. The quantitative estimate of drug-likeness (QED) is 0.733. The maximum atomic E-state index is 12.1. The first-order valence-electron chi connectivity index (χ1n) is 8.68. The van der Waals surface area contributed by atoms with Crippen LogP contribution >= 0.6 is 0 Å². The molecular weight excluding hydrogens is 264 g/mol. The van der Waals surface area contributed by atoms with Gasteiger partial charge in [0, 0.05) is 12.6 Å². The third kappa shape index (κ3) is 3.98. The Bertz CT molecular complexity index is 348. The van der Waals surface area contributed by atoms with E-state index in [9.17, 15) is 4.79 Å². The van der Waals surface area contributed by atoms with E-state index in [0.29, 0.717) is 0 Å². The SMILES string of the molecule is CCCNC(C)(CCN1CCCC2CCCC21)C(=O)OC. The van der Waals surface area contributed by atoms with E-state index in [1.54, 1.807) is 0 Å². The van der Waals surface area contributed by atoms with Crippen molar-refractivity contribution in [1.82, 2.24) is 10.2 Å². The molecule has 0 bridgehead atoms. The number of esters is 1. The molecule has 2 aliphatic rings. The van der Waals surface area contributed by atoms with Gasteiger partial charge >= 0.3 is 5.97 Å². The summed E-state index contributed by atoms with van der Waals surface area (Å²) >= 11 is 0. The van der Waals surface area contributed by atoms with Crippen LogP contribution in [0.25, 0.3) is 0 Å². The summed E-state index contributed by atoms with van der Waals surface area (Å²) in [6.07, 6.45) is 8.73. The molecule has 2 rings (SSSR count). The van der Waals surface area contributed by atoms with Crippen molar-refractivity contribution in [2.75, 3.05) is 26.7 Å². The smallest absolute Gasteiger partial charge is 0.325 e. The number of piperidine rings is 1. The van der Waals surface area contributed by atoms with Crippen LogP contribution in [0.5, 0.6) is 0 Å². The average molecular weight is 296 g/mol. The van der Waals surface area contributed by atoms with Gasteiger partial charge in [-0.15, -0.1) is 0 Å². The molecule has 1 aliphatic heterocycles. The number of hydrogen-bond donors (Lipinski definition) is 1. The number of nitrogens with one attached hydrogen (secondary N) is 1. The van der Waals surface area contributed by atoms with Gasteiger partial charge in [-0.05, 0) is 64.5 Å². The van der Waals surface area contributed by atoms with Gasteiger partial charge in [0.2, 0.25) is 0 Å². The number of fused-ring (bicyclic) bond motifs is 1. The molecule has 4 nitrogen and oxygen atoms in total. The Morgan fingerprint density at radius 1 is 1.33 bits per heavy atom. The van der Waals surface area contributed by atoms with Crippen LogP contribution < -0.4 is 5.32 Å². The molecular formula is C17H32N2O2. The Hall–Kier alpha value is -0.610. The Morgan fingerprint density at radius 2 is 2.10 bits per heavy atom. The number of rotatable bonds is 7. The van der Waals surface area contributed by atoms with Crippen LogP contribution in [-0.4, -0.2) is 49.2 Å². The van der Waals surface area contributed by atoms with Gasteiger partial charge in [0.25, 0.3) is 0 Å². The second-order valence-electron chi connectivity index (χ2n) is 6.94. The molecule has 21 heavy (non-hydrogen) atoms. The van der Waals surface area contributed by atoms with Gasteiger partial charge in [0.1, 0.15) is 5.54 Å². The molecule has 2 fully saturated rings. The fraction of sp³-hybridized carbons (Fsp3) is 0.941. The van der Waals surface area contributed by atoms with Gasteiger partial charge in [-0.2, -0.15) is 0 Å². The Morgan fingerprint density at radius 3 is 2.81 bits per heavy atom. The van der Waals surface area contributed by atoms with E-state index in [1.165, 1.54) is 45.8 Å². The van der Waals surface area contributed by atoms with Crippen molar-refractivity contribution < 1.29 is 9.53 Å². The van der Waals surface area contributed by atoms with Crippen LogP contribution in [0.1, 0.15) is 58.8 Å². The first kappa shape index (κ1) is 16.8. The second-order valence-corrected chi connectivity index (χ2v) is 6.94. The zero-order valence-corrected chi connectivity index (χ0v) is 14.0. The zero-order chi connectivity index (χ0) is 15.3. The summed E-state index contributed by atoms with van der Waals surface area (Å²) in [4.78, 5) is 14.8.